The van der Waals surface area contributed by atoms with Crippen LogP contribution in [0.4, 0.5) is 8.78 Å². The van der Waals surface area contributed by atoms with Crippen molar-refractivity contribution in [3.8, 4) is 0 Å². The molecule has 0 spiro atoms. The summed E-state index contributed by atoms with van der Waals surface area (Å²) in [5.74, 6) is -4.35. The van der Waals surface area contributed by atoms with Crippen LogP contribution >= 0.6 is 11.6 Å². The highest BCUT2D eigenvalue weighted by Crippen LogP contribution is 2.44. The van der Waals surface area contributed by atoms with Gasteiger partial charge in [-0.05, 0) is 30.5 Å². The van der Waals surface area contributed by atoms with Crippen LogP contribution in [-0.2, 0) is 4.79 Å². The maximum atomic E-state index is 14.9. The van der Waals surface area contributed by atoms with Crippen LogP contribution in [0.1, 0.15) is 37.9 Å². The number of fused-ring (bicyclic) bond motifs is 1. The summed E-state index contributed by atoms with van der Waals surface area (Å²) in [5, 5.41) is 17.6. The largest absolute Gasteiger partial charge is 0.382 e. The Hall–Kier alpha value is -1.73. The van der Waals surface area contributed by atoms with Gasteiger partial charge in [-0.3, -0.25) is 9.89 Å². The third kappa shape index (κ3) is 3.35. The minimum atomic E-state index is -3.32. The van der Waals surface area contributed by atoms with Crippen molar-refractivity contribution in [2.45, 2.75) is 38.2 Å². The van der Waals surface area contributed by atoms with Gasteiger partial charge in [0.1, 0.15) is 6.10 Å². The molecule has 1 saturated heterocycles. The number of rotatable bonds is 4. The predicted molar refractivity (Wildman–Crippen MR) is 90.6 cm³/mol. The number of alkyl halides is 2. The van der Waals surface area contributed by atoms with Crippen LogP contribution in [-0.4, -0.2) is 45.1 Å². The number of hydrogen-bond donors (Lipinski definition) is 2. The van der Waals surface area contributed by atoms with E-state index in [1.807, 2.05) is 0 Å². The SMILES string of the molecule is CCC(=O)N1CCC(C(F)(F)C(O)c2cc(Cl)cc3[nH]ncc23)CC1. The molecular formula is C17H20ClF2N3O2. The van der Waals surface area contributed by atoms with Gasteiger partial charge in [-0.2, -0.15) is 5.10 Å². The monoisotopic (exact) mass is 371 g/mol. The normalized spacial score (nSPS) is 17.9. The second-order valence-corrected chi connectivity index (χ2v) is 6.85. The summed E-state index contributed by atoms with van der Waals surface area (Å²) in [6.45, 7) is 2.33. The molecular weight excluding hydrogens is 352 g/mol. The lowest BCUT2D eigenvalue weighted by molar-refractivity contribution is -0.164. The molecule has 1 fully saturated rings. The minimum Gasteiger partial charge on any atom is -0.382 e. The first-order chi connectivity index (χ1) is 11.8. The molecule has 0 bridgehead atoms. The number of nitrogens with zero attached hydrogens (tertiary/aromatic N) is 2. The van der Waals surface area contributed by atoms with Crippen molar-refractivity contribution in [1.82, 2.24) is 15.1 Å². The molecule has 1 aromatic carbocycles. The van der Waals surface area contributed by atoms with Crippen molar-refractivity contribution in [3.63, 3.8) is 0 Å². The molecule has 2 aromatic rings. The number of hydrogen-bond acceptors (Lipinski definition) is 3. The Labute approximate surface area is 149 Å². The van der Waals surface area contributed by atoms with Crippen molar-refractivity contribution >= 4 is 28.4 Å². The van der Waals surface area contributed by atoms with E-state index in [2.05, 4.69) is 10.2 Å². The van der Waals surface area contributed by atoms with Crippen LogP contribution in [0.2, 0.25) is 5.02 Å². The van der Waals surface area contributed by atoms with E-state index in [0.29, 0.717) is 17.3 Å². The van der Waals surface area contributed by atoms with Crippen LogP contribution < -0.4 is 0 Å². The topological polar surface area (TPSA) is 69.2 Å². The van der Waals surface area contributed by atoms with Crippen molar-refractivity contribution < 1.29 is 18.7 Å². The molecule has 3 rings (SSSR count). The third-order valence-corrected chi connectivity index (χ3v) is 5.13. The molecule has 25 heavy (non-hydrogen) atoms. The number of nitrogens with one attached hydrogen (secondary N) is 1. The van der Waals surface area contributed by atoms with Crippen molar-refractivity contribution in [2.24, 2.45) is 5.92 Å². The molecule has 8 heteroatoms. The fraction of sp³-hybridized carbons (Fsp3) is 0.529. The third-order valence-electron chi connectivity index (χ3n) is 4.91. The molecule has 0 saturated carbocycles. The Morgan fingerprint density at radius 3 is 2.80 bits per heavy atom. The number of carbonyl (C=O) groups is 1. The first-order valence-corrected chi connectivity index (χ1v) is 8.68. The van der Waals surface area contributed by atoms with E-state index < -0.39 is 17.9 Å². The van der Waals surface area contributed by atoms with Gasteiger partial charge in [0.2, 0.25) is 5.91 Å². The van der Waals surface area contributed by atoms with Crippen molar-refractivity contribution in [2.75, 3.05) is 13.1 Å². The lowest BCUT2D eigenvalue weighted by Gasteiger charge is -2.37. The first-order valence-electron chi connectivity index (χ1n) is 8.30. The van der Waals surface area contributed by atoms with E-state index in [0.717, 1.165) is 0 Å². The minimum absolute atomic E-state index is 0.0303. The molecule has 2 N–H and O–H groups in total. The van der Waals surface area contributed by atoms with E-state index in [1.165, 1.54) is 12.3 Å². The Kier molecular flexibility index (Phi) is 4.97. The number of aliphatic hydroxyl groups excluding tert-OH is 1. The zero-order valence-electron chi connectivity index (χ0n) is 13.8. The summed E-state index contributed by atoms with van der Waals surface area (Å²) in [6, 6.07) is 2.93. The highest BCUT2D eigenvalue weighted by atomic mass is 35.5. The molecule has 1 amide bonds. The number of aromatic amines is 1. The van der Waals surface area contributed by atoms with Gasteiger partial charge in [-0.25, -0.2) is 8.78 Å². The molecule has 1 atom stereocenters. The number of likely N-dealkylation sites (tertiary alicyclic amines) is 1. The maximum Gasteiger partial charge on any atom is 0.280 e. The Morgan fingerprint density at radius 1 is 1.48 bits per heavy atom. The Bertz CT molecular complexity index is 772. The van der Waals surface area contributed by atoms with Gasteiger partial charge in [-0.15, -0.1) is 0 Å². The van der Waals surface area contributed by atoms with Crippen LogP contribution in [0.3, 0.4) is 0 Å². The lowest BCUT2D eigenvalue weighted by Crippen LogP contribution is -2.45. The summed E-state index contributed by atoms with van der Waals surface area (Å²) in [7, 11) is 0. The average molecular weight is 372 g/mol. The highest BCUT2D eigenvalue weighted by molar-refractivity contribution is 6.31. The molecule has 136 valence electrons. The van der Waals surface area contributed by atoms with Gasteiger partial charge in [0.05, 0.1) is 11.7 Å². The molecule has 1 aromatic heterocycles. The van der Waals surface area contributed by atoms with Gasteiger partial charge in [0.15, 0.2) is 0 Å². The zero-order chi connectivity index (χ0) is 18.2. The number of amides is 1. The molecule has 0 aliphatic carbocycles. The fourth-order valence-electron chi connectivity index (χ4n) is 3.44. The molecule has 5 nitrogen and oxygen atoms in total. The molecule has 1 unspecified atom stereocenters. The lowest BCUT2D eigenvalue weighted by atomic mass is 9.84. The zero-order valence-corrected chi connectivity index (χ0v) is 14.6. The number of piperidine rings is 1. The van der Waals surface area contributed by atoms with Gasteiger partial charge >= 0.3 is 0 Å². The number of H-pyrrole nitrogens is 1. The van der Waals surface area contributed by atoms with Gasteiger partial charge in [-0.1, -0.05) is 18.5 Å². The van der Waals surface area contributed by atoms with E-state index in [9.17, 15) is 18.7 Å². The second kappa shape index (κ2) is 6.88. The molecule has 0 radical (unpaired) electrons. The van der Waals surface area contributed by atoms with Crippen molar-refractivity contribution in [1.29, 1.82) is 0 Å². The summed E-state index contributed by atoms with van der Waals surface area (Å²) in [4.78, 5) is 13.3. The van der Waals surface area contributed by atoms with E-state index in [1.54, 1.807) is 17.9 Å². The van der Waals surface area contributed by atoms with E-state index in [-0.39, 0.29) is 42.4 Å². The standard InChI is InChI=1S/C17H20ClF2N3O2/c1-2-15(24)23-5-3-10(4-6-23)17(19,20)16(25)12-7-11(18)8-14-13(12)9-21-22-14/h7-10,16,25H,2-6H2,1H3,(H,21,22). The smallest absolute Gasteiger partial charge is 0.280 e. The Morgan fingerprint density at radius 2 is 2.16 bits per heavy atom. The number of aliphatic hydroxyl groups is 1. The van der Waals surface area contributed by atoms with Crippen molar-refractivity contribution in [3.05, 3.63) is 28.9 Å². The van der Waals surface area contributed by atoms with Crippen LogP contribution in [0.15, 0.2) is 18.3 Å². The summed E-state index contributed by atoms with van der Waals surface area (Å²) < 4.78 is 29.9. The van der Waals surface area contributed by atoms with E-state index >= 15 is 0 Å². The molecule has 1 aliphatic heterocycles. The van der Waals surface area contributed by atoms with Gasteiger partial charge in [0, 0.05) is 35.8 Å². The highest BCUT2D eigenvalue weighted by Gasteiger charge is 2.48. The van der Waals surface area contributed by atoms with Gasteiger partial charge in [0.25, 0.3) is 5.92 Å². The number of aromatic nitrogens is 2. The first kappa shape index (κ1) is 18.1. The fourth-order valence-corrected chi connectivity index (χ4v) is 3.66. The number of halogens is 3. The maximum absolute atomic E-state index is 14.9. The van der Waals surface area contributed by atoms with Crippen LogP contribution in [0.25, 0.3) is 10.9 Å². The summed E-state index contributed by atoms with van der Waals surface area (Å²) in [5.41, 5.74) is 0.564. The summed E-state index contributed by atoms with van der Waals surface area (Å²) >= 11 is 5.98. The molecule has 1 aliphatic rings. The Balaban J connectivity index is 1.82. The van der Waals surface area contributed by atoms with Crippen LogP contribution in [0, 0.1) is 5.92 Å². The van der Waals surface area contributed by atoms with Gasteiger partial charge < -0.3 is 10.0 Å². The van der Waals surface area contributed by atoms with E-state index in [4.69, 9.17) is 11.6 Å². The summed E-state index contributed by atoms with van der Waals surface area (Å²) in [6.07, 6.45) is 0.105. The second-order valence-electron chi connectivity index (χ2n) is 6.41. The number of carbonyl (C=O) groups excluding carboxylic acids is 1. The molecule has 2 heterocycles. The predicted octanol–water partition coefficient (Wildman–Crippen LogP) is 3.53. The van der Waals surface area contributed by atoms with Crippen LogP contribution in [0.5, 0.6) is 0 Å². The quantitative estimate of drug-likeness (QED) is 0.863. The number of benzene rings is 1. The average Bonchev–Trinajstić information content (AvgIpc) is 3.08.